The van der Waals surface area contributed by atoms with Crippen LogP contribution < -0.4 is 0 Å². The van der Waals surface area contributed by atoms with Crippen molar-refractivity contribution in [3.05, 3.63) is 41.5 Å². The van der Waals surface area contributed by atoms with Crippen LogP contribution in [0, 0.1) is 0 Å². The van der Waals surface area contributed by atoms with E-state index < -0.39 is 5.79 Å². The fourth-order valence-electron chi connectivity index (χ4n) is 2.30. The highest BCUT2D eigenvalue weighted by atomic mass is 16.7. The Morgan fingerprint density at radius 2 is 1.83 bits per heavy atom. The molecule has 0 aliphatic heterocycles. The molecule has 0 aromatic heterocycles. The van der Waals surface area contributed by atoms with Crippen LogP contribution in [0.1, 0.15) is 35.2 Å². The smallest absolute Gasteiger partial charge is 0.171 e. The second-order valence-electron chi connectivity index (χ2n) is 4.49. The second-order valence-corrected chi connectivity index (χ2v) is 4.49. The van der Waals surface area contributed by atoms with Gasteiger partial charge in [0.2, 0.25) is 0 Å². The summed E-state index contributed by atoms with van der Waals surface area (Å²) in [5.41, 5.74) is 3.16. The summed E-state index contributed by atoms with van der Waals surface area (Å²) >= 11 is 0. The average molecular weight is 246 g/mol. The van der Waals surface area contributed by atoms with Gasteiger partial charge in [0.15, 0.2) is 5.79 Å². The third-order valence-electron chi connectivity index (χ3n) is 3.60. The van der Waals surface area contributed by atoms with E-state index in [4.69, 9.17) is 9.47 Å². The summed E-state index contributed by atoms with van der Waals surface area (Å²) in [4.78, 5) is 10.6. The number of aldehydes is 1. The molecule has 0 bridgehead atoms. The number of rotatable bonds is 4. The van der Waals surface area contributed by atoms with E-state index in [0.29, 0.717) is 5.56 Å². The van der Waals surface area contributed by atoms with Gasteiger partial charge in [-0.1, -0.05) is 30.3 Å². The third-order valence-corrected chi connectivity index (χ3v) is 3.60. The van der Waals surface area contributed by atoms with E-state index in [-0.39, 0.29) is 0 Å². The van der Waals surface area contributed by atoms with Crippen LogP contribution in [0.5, 0.6) is 0 Å². The Kier molecular flexibility index (Phi) is 3.94. The molecule has 0 N–H and O–H groups in total. The molecule has 2 rings (SSSR count). The molecule has 0 saturated carbocycles. The van der Waals surface area contributed by atoms with Crippen molar-refractivity contribution in [3.8, 4) is 0 Å². The van der Waals surface area contributed by atoms with E-state index in [1.807, 2.05) is 24.3 Å². The van der Waals surface area contributed by atoms with Crippen LogP contribution in [0.4, 0.5) is 0 Å². The van der Waals surface area contributed by atoms with Gasteiger partial charge in [-0.25, -0.2) is 0 Å². The lowest BCUT2D eigenvalue weighted by molar-refractivity contribution is -0.208. The molecule has 0 atom stereocenters. The Bertz CT molecular complexity index is 441. The molecule has 1 aliphatic rings. The maximum atomic E-state index is 10.6. The van der Waals surface area contributed by atoms with Crippen molar-refractivity contribution in [2.45, 2.75) is 25.0 Å². The van der Waals surface area contributed by atoms with E-state index in [1.165, 1.54) is 11.1 Å². The quantitative estimate of drug-likeness (QED) is 0.605. The molecule has 3 heteroatoms. The van der Waals surface area contributed by atoms with Crippen LogP contribution in [0.15, 0.2) is 30.3 Å². The van der Waals surface area contributed by atoms with Gasteiger partial charge < -0.3 is 9.47 Å². The third kappa shape index (κ3) is 2.52. The van der Waals surface area contributed by atoms with Gasteiger partial charge in [-0.3, -0.25) is 4.79 Å². The van der Waals surface area contributed by atoms with E-state index >= 15 is 0 Å². The lowest BCUT2D eigenvalue weighted by Crippen LogP contribution is -2.34. The van der Waals surface area contributed by atoms with Gasteiger partial charge in [-0.15, -0.1) is 0 Å². The Labute approximate surface area is 107 Å². The number of benzene rings is 1. The fraction of sp³-hybridized carbons (Fsp3) is 0.400. The minimum Gasteiger partial charge on any atom is -0.353 e. The molecule has 96 valence electrons. The summed E-state index contributed by atoms with van der Waals surface area (Å²) < 4.78 is 10.9. The van der Waals surface area contributed by atoms with Crippen molar-refractivity contribution in [2.75, 3.05) is 14.2 Å². The Morgan fingerprint density at radius 3 is 2.28 bits per heavy atom. The lowest BCUT2D eigenvalue weighted by atomic mass is 9.89. The monoisotopic (exact) mass is 246 g/mol. The SMILES string of the molecule is COC1(OC)CC=C(c2ccc(C=O)cc2)CC1. The van der Waals surface area contributed by atoms with Crippen molar-refractivity contribution >= 4 is 11.9 Å². The van der Waals surface area contributed by atoms with Crippen LogP contribution >= 0.6 is 0 Å². The van der Waals surface area contributed by atoms with E-state index in [0.717, 1.165) is 25.5 Å². The van der Waals surface area contributed by atoms with Crippen molar-refractivity contribution in [1.82, 2.24) is 0 Å². The number of methoxy groups -OCH3 is 2. The highest BCUT2D eigenvalue weighted by Gasteiger charge is 2.31. The van der Waals surface area contributed by atoms with E-state index in [2.05, 4.69) is 6.08 Å². The van der Waals surface area contributed by atoms with Gasteiger partial charge in [-0.05, 0) is 17.6 Å². The highest BCUT2D eigenvalue weighted by Crippen LogP contribution is 2.35. The summed E-state index contributed by atoms with van der Waals surface area (Å²) in [5.74, 6) is -0.466. The van der Waals surface area contributed by atoms with Gasteiger partial charge in [0, 0.05) is 32.6 Å². The standard InChI is InChI=1S/C15H18O3/c1-17-15(18-2)9-7-14(8-10-15)13-5-3-12(11-16)4-6-13/h3-7,11H,8-10H2,1-2H3. The number of allylic oxidation sites excluding steroid dienone is 1. The highest BCUT2D eigenvalue weighted by molar-refractivity contribution is 5.76. The first-order valence-electron chi connectivity index (χ1n) is 6.08. The molecule has 0 unspecified atom stereocenters. The molecule has 1 aromatic carbocycles. The minimum absolute atomic E-state index is 0.466. The summed E-state index contributed by atoms with van der Waals surface area (Å²) in [6.07, 6.45) is 5.54. The van der Waals surface area contributed by atoms with Crippen LogP contribution in [-0.2, 0) is 9.47 Å². The first kappa shape index (κ1) is 13.0. The van der Waals surface area contributed by atoms with E-state index in [9.17, 15) is 4.79 Å². The summed E-state index contributed by atoms with van der Waals surface area (Å²) in [6, 6.07) is 7.67. The molecular weight excluding hydrogens is 228 g/mol. The molecule has 0 amide bonds. The average Bonchev–Trinajstić information content (AvgIpc) is 2.47. The first-order chi connectivity index (χ1) is 8.73. The van der Waals surface area contributed by atoms with Gasteiger partial charge in [0.05, 0.1) is 0 Å². The molecule has 0 fully saturated rings. The van der Waals surface area contributed by atoms with Gasteiger partial charge in [0.1, 0.15) is 6.29 Å². The van der Waals surface area contributed by atoms with Crippen molar-refractivity contribution in [1.29, 1.82) is 0 Å². The second kappa shape index (κ2) is 5.46. The summed E-state index contributed by atoms with van der Waals surface area (Å²) in [5, 5.41) is 0. The zero-order valence-electron chi connectivity index (χ0n) is 10.8. The predicted molar refractivity (Wildman–Crippen MR) is 70.4 cm³/mol. The van der Waals surface area contributed by atoms with Crippen molar-refractivity contribution in [3.63, 3.8) is 0 Å². The minimum atomic E-state index is -0.466. The van der Waals surface area contributed by atoms with Crippen molar-refractivity contribution < 1.29 is 14.3 Å². The molecule has 0 radical (unpaired) electrons. The van der Waals surface area contributed by atoms with Crippen LogP contribution in [0.25, 0.3) is 5.57 Å². The molecule has 0 spiro atoms. The Balaban J connectivity index is 2.15. The molecule has 0 saturated heterocycles. The normalized spacial score (nSPS) is 18.2. The summed E-state index contributed by atoms with van der Waals surface area (Å²) in [7, 11) is 3.36. The van der Waals surface area contributed by atoms with Gasteiger partial charge in [-0.2, -0.15) is 0 Å². The molecule has 1 aromatic rings. The van der Waals surface area contributed by atoms with Crippen LogP contribution in [0.2, 0.25) is 0 Å². The topological polar surface area (TPSA) is 35.5 Å². The maximum absolute atomic E-state index is 10.6. The fourth-order valence-corrected chi connectivity index (χ4v) is 2.30. The van der Waals surface area contributed by atoms with E-state index in [1.54, 1.807) is 14.2 Å². The van der Waals surface area contributed by atoms with Crippen LogP contribution in [-0.4, -0.2) is 26.3 Å². The number of ether oxygens (including phenoxy) is 2. The zero-order valence-corrected chi connectivity index (χ0v) is 10.8. The summed E-state index contributed by atoms with van der Waals surface area (Å²) in [6.45, 7) is 0. The number of carbonyl (C=O) groups is 1. The maximum Gasteiger partial charge on any atom is 0.171 e. The molecule has 0 heterocycles. The zero-order chi connectivity index (χ0) is 13.0. The molecule has 3 nitrogen and oxygen atoms in total. The molecular formula is C15H18O3. The number of carbonyl (C=O) groups excluding carboxylic acids is 1. The predicted octanol–water partition coefficient (Wildman–Crippen LogP) is 3.06. The van der Waals surface area contributed by atoms with Crippen LogP contribution in [0.3, 0.4) is 0 Å². The van der Waals surface area contributed by atoms with Gasteiger partial charge in [0.25, 0.3) is 0 Å². The molecule has 18 heavy (non-hydrogen) atoms. The van der Waals surface area contributed by atoms with Gasteiger partial charge >= 0.3 is 0 Å². The number of hydrogen-bond donors (Lipinski definition) is 0. The van der Waals surface area contributed by atoms with Crippen molar-refractivity contribution in [2.24, 2.45) is 0 Å². The Hall–Kier alpha value is -1.45. The first-order valence-corrected chi connectivity index (χ1v) is 6.08. The molecule has 1 aliphatic carbocycles. The Morgan fingerprint density at radius 1 is 1.17 bits per heavy atom. The largest absolute Gasteiger partial charge is 0.353 e. The lowest BCUT2D eigenvalue weighted by Gasteiger charge is -2.33. The number of hydrogen-bond acceptors (Lipinski definition) is 3.